The molecule has 3 aromatic heterocycles. The fourth-order valence-electron chi connectivity index (χ4n) is 9.74. The third kappa shape index (κ3) is 6.40. The zero-order chi connectivity index (χ0) is 43.6. The van der Waals surface area contributed by atoms with Crippen molar-refractivity contribution in [2.45, 2.75) is 0 Å². The molecule has 0 atom stereocenters. The molecule has 0 aliphatic heterocycles. The molecule has 13 aromatic rings. The number of para-hydroxylation sites is 1. The van der Waals surface area contributed by atoms with Crippen molar-refractivity contribution in [3.8, 4) is 73.2 Å². The number of nitrogens with zero attached hydrogens (tertiary/aromatic N) is 4. The van der Waals surface area contributed by atoms with Crippen LogP contribution >= 0.6 is 11.3 Å². The van der Waals surface area contributed by atoms with Crippen LogP contribution in [0.1, 0.15) is 0 Å². The van der Waals surface area contributed by atoms with E-state index in [4.69, 9.17) is 15.0 Å². The lowest BCUT2D eigenvalue weighted by Crippen LogP contribution is -2.04. The van der Waals surface area contributed by atoms with E-state index >= 15 is 0 Å². The maximum absolute atomic E-state index is 5.45. The molecule has 5 heteroatoms. The Balaban J connectivity index is 1.12. The van der Waals surface area contributed by atoms with Crippen molar-refractivity contribution in [2.75, 3.05) is 0 Å². The summed E-state index contributed by atoms with van der Waals surface area (Å²) in [6.45, 7) is 0. The summed E-state index contributed by atoms with van der Waals surface area (Å²) < 4.78 is 4.96. The number of thiophene rings is 1. The van der Waals surface area contributed by atoms with E-state index in [0.717, 1.165) is 61.2 Å². The van der Waals surface area contributed by atoms with Crippen molar-refractivity contribution in [1.82, 2.24) is 19.5 Å². The lowest BCUT2D eigenvalue weighted by molar-refractivity contribution is 1.07. The van der Waals surface area contributed by atoms with Gasteiger partial charge < -0.3 is 4.57 Å². The lowest BCUT2D eigenvalue weighted by Gasteiger charge is -2.22. The van der Waals surface area contributed by atoms with Gasteiger partial charge in [0.25, 0.3) is 0 Å². The largest absolute Gasteiger partial charge is 0.309 e. The van der Waals surface area contributed by atoms with E-state index in [1.807, 2.05) is 29.5 Å². The van der Waals surface area contributed by atoms with Crippen LogP contribution in [0.4, 0.5) is 0 Å². The highest BCUT2D eigenvalue weighted by atomic mass is 32.1. The molecule has 66 heavy (non-hydrogen) atoms. The molecule has 13 rings (SSSR count). The molecular weight excluding hydrogens is 821 g/mol. The fourth-order valence-corrected chi connectivity index (χ4v) is 10.8. The first-order valence-corrected chi connectivity index (χ1v) is 23.1. The second-order valence-corrected chi connectivity index (χ2v) is 17.8. The summed E-state index contributed by atoms with van der Waals surface area (Å²) in [5.74, 6) is 1.86. The minimum atomic E-state index is 0.606. The SMILES string of the molecule is c1ccc(-c2ccc(-c3c(-n4c5ccccc5c5cc6ccccc6cc54)ccc(-c4nc(-c5ccccc5)nc(-c5ccc6sc7ccccc7c6c5)n4)c3-c3ccccc3)cc2)cc1. The van der Waals surface area contributed by atoms with Crippen LogP contribution < -0.4 is 0 Å². The molecule has 0 aliphatic carbocycles. The van der Waals surface area contributed by atoms with Gasteiger partial charge in [0.2, 0.25) is 0 Å². The van der Waals surface area contributed by atoms with Crippen molar-refractivity contribution in [1.29, 1.82) is 0 Å². The summed E-state index contributed by atoms with van der Waals surface area (Å²) in [7, 11) is 0. The van der Waals surface area contributed by atoms with Gasteiger partial charge in [-0.1, -0.05) is 176 Å². The first kappa shape index (κ1) is 38.0. The molecule has 0 radical (unpaired) electrons. The van der Waals surface area contributed by atoms with Gasteiger partial charge in [0.15, 0.2) is 17.5 Å². The molecule has 0 spiro atoms. The van der Waals surface area contributed by atoms with E-state index in [-0.39, 0.29) is 0 Å². The molecule has 0 saturated carbocycles. The maximum atomic E-state index is 5.45. The predicted octanol–water partition coefficient (Wildman–Crippen LogP) is 16.5. The van der Waals surface area contributed by atoms with Crippen LogP contribution in [0.5, 0.6) is 0 Å². The molecule has 0 fully saturated rings. The zero-order valence-corrected chi connectivity index (χ0v) is 36.5. The second kappa shape index (κ2) is 15.6. The summed E-state index contributed by atoms with van der Waals surface area (Å²) >= 11 is 1.81. The number of benzene rings is 10. The minimum Gasteiger partial charge on any atom is -0.309 e. The second-order valence-electron chi connectivity index (χ2n) is 16.7. The van der Waals surface area contributed by atoms with Gasteiger partial charge in [0.05, 0.1) is 16.7 Å². The minimum absolute atomic E-state index is 0.606. The highest BCUT2D eigenvalue weighted by Gasteiger charge is 2.25. The Bertz CT molecular complexity index is 3970. The molecule has 0 N–H and O–H groups in total. The summed E-state index contributed by atoms with van der Waals surface area (Å²) in [4.78, 5) is 16.0. The standard InChI is InChI=1S/C61H38N4S/c1-4-16-39(17-5-1)40-28-30-42(31-29-40)58-53(65-52-26-14-12-24-47(52)50-36-44-22-10-11-23-45(44)38-54(50)65)34-33-49(57(58)41-18-6-2-7-19-41)61-63-59(43-20-8-3-9-21-43)62-60(64-61)46-32-35-56-51(37-46)48-25-13-15-27-55(48)66-56/h1-38H. The van der Waals surface area contributed by atoms with E-state index in [1.54, 1.807) is 0 Å². The van der Waals surface area contributed by atoms with Crippen molar-refractivity contribution >= 4 is 64.1 Å². The number of rotatable bonds is 7. The Hall–Kier alpha value is -8.51. The zero-order valence-electron chi connectivity index (χ0n) is 35.6. The average molecular weight is 859 g/mol. The maximum Gasteiger partial charge on any atom is 0.164 e. The summed E-state index contributed by atoms with van der Waals surface area (Å²) in [6.07, 6.45) is 0. The smallest absolute Gasteiger partial charge is 0.164 e. The van der Waals surface area contributed by atoms with Crippen LogP contribution in [0.15, 0.2) is 231 Å². The van der Waals surface area contributed by atoms with E-state index in [0.29, 0.717) is 17.5 Å². The van der Waals surface area contributed by atoms with Gasteiger partial charge in [0.1, 0.15) is 0 Å². The van der Waals surface area contributed by atoms with Gasteiger partial charge in [-0.15, -0.1) is 11.3 Å². The summed E-state index contributed by atoms with van der Waals surface area (Å²) in [5, 5.41) is 7.27. The predicted molar refractivity (Wildman–Crippen MR) is 277 cm³/mol. The van der Waals surface area contributed by atoms with Gasteiger partial charge in [-0.05, 0) is 87.6 Å². The van der Waals surface area contributed by atoms with E-state index in [9.17, 15) is 0 Å². The average Bonchev–Trinajstić information content (AvgIpc) is 3.93. The molecule has 10 aromatic carbocycles. The van der Waals surface area contributed by atoms with Gasteiger partial charge in [-0.25, -0.2) is 15.0 Å². The Morgan fingerprint density at radius 3 is 1.59 bits per heavy atom. The first-order chi connectivity index (χ1) is 32.7. The molecule has 3 heterocycles. The Morgan fingerprint density at radius 2 is 0.833 bits per heavy atom. The molecule has 0 aliphatic rings. The number of fused-ring (bicyclic) bond motifs is 7. The van der Waals surface area contributed by atoms with Crippen LogP contribution in [0, 0.1) is 0 Å². The quantitative estimate of drug-likeness (QED) is 0.160. The molecule has 308 valence electrons. The van der Waals surface area contributed by atoms with Crippen molar-refractivity contribution in [3.63, 3.8) is 0 Å². The van der Waals surface area contributed by atoms with Crippen LogP contribution in [-0.4, -0.2) is 19.5 Å². The number of hydrogen-bond acceptors (Lipinski definition) is 4. The molecule has 4 nitrogen and oxygen atoms in total. The van der Waals surface area contributed by atoms with Crippen molar-refractivity contribution in [2.24, 2.45) is 0 Å². The molecule has 0 bridgehead atoms. The molecule has 0 amide bonds. The molecule has 0 unspecified atom stereocenters. The first-order valence-electron chi connectivity index (χ1n) is 22.3. The Labute approximate surface area is 385 Å². The van der Waals surface area contributed by atoms with Gasteiger partial charge >= 0.3 is 0 Å². The highest BCUT2D eigenvalue weighted by molar-refractivity contribution is 7.25. The van der Waals surface area contributed by atoms with Crippen molar-refractivity contribution < 1.29 is 0 Å². The summed E-state index contributed by atoms with van der Waals surface area (Å²) in [6, 6.07) is 82.5. The van der Waals surface area contributed by atoms with Gasteiger partial charge in [-0.2, -0.15) is 0 Å². The topological polar surface area (TPSA) is 43.6 Å². The van der Waals surface area contributed by atoms with E-state index < -0.39 is 0 Å². The van der Waals surface area contributed by atoms with Crippen molar-refractivity contribution in [3.05, 3.63) is 231 Å². The monoisotopic (exact) mass is 858 g/mol. The van der Waals surface area contributed by atoms with E-state index in [2.05, 4.69) is 217 Å². The molecule has 0 saturated heterocycles. The van der Waals surface area contributed by atoms with Gasteiger partial charge in [0, 0.05) is 58.8 Å². The van der Waals surface area contributed by atoms with Crippen LogP contribution in [0.25, 0.3) is 126 Å². The van der Waals surface area contributed by atoms with E-state index in [1.165, 1.54) is 47.3 Å². The summed E-state index contributed by atoms with van der Waals surface area (Å²) in [5.41, 5.74) is 12.8. The van der Waals surface area contributed by atoms with Crippen LogP contribution in [0.2, 0.25) is 0 Å². The normalized spacial score (nSPS) is 11.6. The van der Waals surface area contributed by atoms with Gasteiger partial charge in [-0.3, -0.25) is 0 Å². The van der Waals surface area contributed by atoms with Crippen LogP contribution in [0.3, 0.4) is 0 Å². The number of aromatic nitrogens is 4. The third-order valence-electron chi connectivity index (χ3n) is 12.9. The van der Waals surface area contributed by atoms with Crippen LogP contribution in [-0.2, 0) is 0 Å². The molecular formula is C61H38N4S. The third-order valence-corrected chi connectivity index (χ3v) is 14.0. The number of hydrogen-bond donors (Lipinski definition) is 0. The Morgan fingerprint density at radius 1 is 0.303 bits per heavy atom. The lowest BCUT2D eigenvalue weighted by atomic mass is 9.87. The Kier molecular flexibility index (Phi) is 9.00. The fraction of sp³-hybridized carbons (Fsp3) is 0. The highest BCUT2D eigenvalue weighted by Crippen LogP contribution is 2.47.